The lowest BCUT2D eigenvalue weighted by Crippen LogP contribution is -2.24. The van der Waals surface area contributed by atoms with Crippen molar-refractivity contribution in [3.8, 4) is 0 Å². The van der Waals surface area contributed by atoms with Crippen LogP contribution in [0.4, 0.5) is 0 Å². The predicted molar refractivity (Wildman–Crippen MR) is 140 cm³/mol. The molecule has 33 heavy (non-hydrogen) atoms. The molecule has 4 aromatic carbocycles. The second-order valence-corrected chi connectivity index (χ2v) is 11.4. The van der Waals surface area contributed by atoms with Crippen molar-refractivity contribution < 1.29 is 4.84 Å². The van der Waals surface area contributed by atoms with Crippen molar-refractivity contribution in [2.24, 2.45) is 5.16 Å². The highest BCUT2D eigenvalue weighted by Gasteiger charge is 2.60. The summed E-state index contributed by atoms with van der Waals surface area (Å²) in [5, 5.41) is 5.51. The van der Waals surface area contributed by atoms with E-state index in [0.717, 1.165) is 10.6 Å². The summed E-state index contributed by atoms with van der Waals surface area (Å²) in [6.07, 6.45) is 0. The van der Waals surface area contributed by atoms with Gasteiger partial charge in [-0.3, -0.25) is 0 Å². The zero-order valence-electron chi connectivity index (χ0n) is 18.5. The highest BCUT2D eigenvalue weighted by Crippen LogP contribution is 2.69. The Labute approximate surface area is 203 Å². The van der Waals surface area contributed by atoms with Crippen molar-refractivity contribution >= 4 is 28.6 Å². The Bertz CT molecular complexity index is 1340. The van der Waals surface area contributed by atoms with Gasteiger partial charge < -0.3 is 4.84 Å². The molecule has 2 aliphatic heterocycles. The molecule has 0 amide bonds. The third kappa shape index (κ3) is 3.24. The van der Waals surface area contributed by atoms with Gasteiger partial charge in [0.05, 0.1) is 4.75 Å². The van der Waals surface area contributed by atoms with Gasteiger partial charge in [0, 0.05) is 11.1 Å². The second-order valence-electron chi connectivity index (χ2n) is 8.58. The zero-order valence-corrected chi connectivity index (χ0v) is 20.1. The molecule has 0 saturated carbocycles. The number of benzene rings is 4. The van der Waals surface area contributed by atoms with Crippen LogP contribution in [0.5, 0.6) is 0 Å². The normalized spacial score (nSPS) is 20.4. The van der Waals surface area contributed by atoms with Crippen LogP contribution in [-0.2, 0) is 13.8 Å². The van der Waals surface area contributed by atoms with Crippen molar-refractivity contribution in [2.45, 2.75) is 22.9 Å². The maximum Gasteiger partial charge on any atom is 0.262 e. The molecule has 0 aromatic heterocycles. The van der Waals surface area contributed by atoms with E-state index in [1.807, 2.05) is 30.0 Å². The molecule has 2 aliphatic rings. The third-order valence-corrected chi connectivity index (χ3v) is 9.40. The summed E-state index contributed by atoms with van der Waals surface area (Å²) in [6.45, 7) is 4.32. The van der Waals surface area contributed by atoms with Gasteiger partial charge in [-0.1, -0.05) is 131 Å². The first kappa shape index (κ1) is 20.6. The molecule has 0 aliphatic carbocycles. The second kappa shape index (κ2) is 7.82. The lowest BCUT2D eigenvalue weighted by Gasteiger charge is -2.33. The summed E-state index contributed by atoms with van der Waals surface area (Å²) in [5.41, 5.74) is 8.56. The molecule has 0 saturated heterocycles. The van der Waals surface area contributed by atoms with Crippen molar-refractivity contribution in [1.29, 1.82) is 0 Å². The van der Waals surface area contributed by atoms with Gasteiger partial charge in [0.25, 0.3) is 4.27 Å². The van der Waals surface area contributed by atoms with Gasteiger partial charge in [-0.2, -0.15) is 0 Å². The minimum atomic E-state index is -0.644. The average Bonchev–Trinajstić information content (AvgIpc) is 3.40. The van der Waals surface area contributed by atoms with Gasteiger partial charge in [-0.05, 0) is 42.3 Å². The molecule has 6 rings (SSSR count). The van der Waals surface area contributed by atoms with Gasteiger partial charge in [0.15, 0.2) is 0 Å². The van der Waals surface area contributed by atoms with E-state index < -0.39 is 9.01 Å². The standard InChI is InChI=1S/C29H23NOS2/c1-20-10-8-14-23(18-20)28(24-15-9-11-21(2)19-24)25-16-6-7-17-26(25)29(33-28)31-30-27(32-29)22-12-4-3-5-13-22/h3-19H,1-2H3. The number of aryl methyl sites for hydroxylation is 2. The zero-order chi connectivity index (χ0) is 22.5. The molecule has 0 radical (unpaired) electrons. The van der Waals surface area contributed by atoms with Gasteiger partial charge in [-0.15, -0.1) is 0 Å². The molecular formula is C29H23NOS2. The molecule has 2 heterocycles. The van der Waals surface area contributed by atoms with Crippen LogP contribution in [0.15, 0.2) is 108 Å². The molecule has 0 bridgehead atoms. The topological polar surface area (TPSA) is 21.6 Å². The Morgan fingerprint density at radius 1 is 0.667 bits per heavy atom. The molecule has 1 spiro atoms. The number of thioether (sulfide) groups is 2. The molecule has 4 aromatic rings. The highest BCUT2D eigenvalue weighted by molar-refractivity contribution is 8.26. The Morgan fingerprint density at radius 3 is 1.91 bits per heavy atom. The molecule has 1 unspecified atom stereocenters. The van der Waals surface area contributed by atoms with Crippen LogP contribution in [-0.4, -0.2) is 5.04 Å². The molecular weight excluding hydrogens is 442 g/mol. The van der Waals surface area contributed by atoms with Crippen LogP contribution in [0.3, 0.4) is 0 Å². The van der Waals surface area contributed by atoms with Gasteiger partial charge >= 0.3 is 0 Å². The van der Waals surface area contributed by atoms with Gasteiger partial charge in [-0.25, -0.2) is 0 Å². The molecule has 0 N–H and O–H groups in total. The quantitative estimate of drug-likeness (QED) is 0.311. The van der Waals surface area contributed by atoms with Gasteiger partial charge in [0.2, 0.25) is 0 Å². The van der Waals surface area contributed by atoms with E-state index in [-0.39, 0.29) is 0 Å². The number of hydrogen-bond donors (Lipinski definition) is 0. The van der Waals surface area contributed by atoms with E-state index in [4.69, 9.17) is 4.84 Å². The first-order valence-corrected chi connectivity index (χ1v) is 12.7. The Balaban J connectivity index is 1.57. The highest BCUT2D eigenvalue weighted by atomic mass is 32.2. The average molecular weight is 466 g/mol. The van der Waals surface area contributed by atoms with Crippen LogP contribution in [0.25, 0.3) is 0 Å². The summed E-state index contributed by atoms with van der Waals surface area (Å²) >= 11 is 3.55. The summed E-state index contributed by atoms with van der Waals surface area (Å²) in [5.74, 6) is 0. The van der Waals surface area contributed by atoms with E-state index in [1.165, 1.54) is 33.4 Å². The maximum atomic E-state index is 6.37. The summed E-state index contributed by atoms with van der Waals surface area (Å²) in [4.78, 5) is 6.37. The van der Waals surface area contributed by atoms with Crippen molar-refractivity contribution in [3.63, 3.8) is 0 Å². The lowest BCUT2D eigenvalue weighted by molar-refractivity contribution is 0.106. The first-order chi connectivity index (χ1) is 16.1. The summed E-state index contributed by atoms with van der Waals surface area (Å²) in [7, 11) is 0. The lowest BCUT2D eigenvalue weighted by atomic mass is 9.81. The summed E-state index contributed by atoms with van der Waals surface area (Å²) in [6, 6.07) is 36.7. The van der Waals surface area contributed by atoms with E-state index in [1.54, 1.807) is 11.8 Å². The first-order valence-electron chi connectivity index (χ1n) is 11.1. The minimum absolute atomic E-state index is 0.400. The monoisotopic (exact) mass is 465 g/mol. The van der Waals surface area contributed by atoms with E-state index in [2.05, 4.69) is 104 Å². The molecule has 2 nitrogen and oxygen atoms in total. The SMILES string of the molecule is Cc1cccc(C2(c3cccc(C)c3)SC3(ON=C(c4ccccc4)S3)c3ccccc32)c1. The molecule has 1 atom stereocenters. The Hall–Kier alpha value is -2.95. The summed E-state index contributed by atoms with van der Waals surface area (Å²) < 4.78 is -1.04. The number of fused-ring (bicyclic) bond motifs is 2. The third-order valence-electron chi connectivity index (χ3n) is 6.27. The fraction of sp³-hybridized carbons (Fsp3) is 0.138. The van der Waals surface area contributed by atoms with Crippen molar-refractivity contribution in [3.05, 3.63) is 142 Å². The van der Waals surface area contributed by atoms with Crippen LogP contribution >= 0.6 is 23.5 Å². The van der Waals surface area contributed by atoms with Crippen LogP contribution in [0.2, 0.25) is 0 Å². The smallest absolute Gasteiger partial charge is 0.262 e. The molecule has 162 valence electrons. The fourth-order valence-electron chi connectivity index (χ4n) is 4.79. The van der Waals surface area contributed by atoms with E-state index >= 15 is 0 Å². The number of rotatable bonds is 3. The predicted octanol–water partition coefficient (Wildman–Crippen LogP) is 7.58. The Morgan fingerprint density at radius 2 is 1.27 bits per heavy atom. The number of oxime groups is 1. The van der Waals surface area contributed by atoms with Crippen LogP contribution in [0.1, 0.15) is 38.9 Å². The Kier molecular flexibility index (Phi) is 4.89. The van der Waals surface area contributed by atoms with E-state index in [9.17, 15) is 0 Å². The number of nitrogens with zero attached hydrogens (tertiary/aromatic N) is 1. The minimum Gasteiger partial charge on any atom is -0.360 e. The molecule has 4 heteroatoms. The van der Waals surface area contributed by atoms with Gasteiger partial charge in [0.1, 0.15) is 5.04 Å². The van der Waals surface area contributed by atoms with E-state index in [0.29, 0.717) is 0 Å². The van der Waals surface area contributed by atoms with Crippen LogP contribution in [0, 0.1) is 13.8 Å². The van der Waals surface area contributed by atoms with Crippen LogP contribution < -0.4 is 0 Å². The van der Waals surface area contributed by atoms with Crippen molar-refractivity contribution in [2.75, 3.05) is 0 Å². The number of hydrogen-bond acceptors (Lipinski definition) is 4. The largest absolute Gasteiger partial charge is 0.360 e. The molecule has 0 fully saturated rings. The maximum absolute atomic E-state index is 6.37. The van der Waals surface area contributed by atoms with Crippen molar-refractivity contribution in [1.82, 2.24) is 0 Å². The fourth-order valence-corrected chi connectivity index (χ4v) is 8.06.